The summed E-state index contributed by atoms with van der Waals surface area (Å²) in [6.07, 6.45) is 8.46. The Balaban J connectivity index is 1.34. The smallest absolute Gasteiger partial charge is 0.252 e. The van der Waals surface area contributed by atoms with Crippen LogP contribution in [0.1, 0.15) is 39.5 Å². The molecule has 8 heteroatoms. The van der Waals surface area contributed by atoms with Crippen LogP contribution < -0.4 is 4.74 Å². The van der Waals surface area contributed by atoms with Gasteiger partial charge in [0.15, 0.2) is 5.82 Å². The van der Waals surface area contributed by atoms with Crippen molar-refractivity contribution in [3.05, 3.63) is 43.1 Å². The van der Waals surface area contributed by atoms with E-state index in [1.165, 1.54) is 6.20 Å². The summed E-state index contributed by atoms with van der Waals surface area (Å²) in [5.41, 5.74) is 1.01. The van der Waals surface area contributed by atoms with Gasteiger partial charge < -0.3 is 14.4 Å². The molecule has 0 saturated heterocycles. The Morgan fingerprint density at radius 1 is 1.23 bits per heavy atom. The minimum absolute atomic E-state index is 0.0326. The molecule has 2 aromatic heterocycles. The van der Waals surface area contributed by atoms with E-state index in [4.69, 9.17) is 4.74 Å². The van der Waals surface area contributed by atoms with E-state index in [9.17, 15) is 5.11 Å². The normalized spacial score (nSPS) is 30.4. The standard InChI is InChI=1S/C22H24FN5O2/c1-21-5-6-22(2,12-21)19(23)17(10-21)30-18-11-25-20(27-26-18)15-4-3-14(9-16(15)29)28-8-7-24-13-28/h3-4,7-9,11,13,17,19,29H,5-6,10,12H2,1-2H3/t17-,19-,21-,22-/m1/s1. The van der Waals surface area contributed by atoms with Gasteiger partial charge in [0, 0.05) is 23.9 Å². The van der Waals surface area contributed by atoms with Gasteiger partial charge in [-0.2, -0.15) is 0 Å². The van der Waals surface area contributed by atoms with Crippen molar-refractivity contribution < 1.29 is 14.2 Å². The molecular weight excluding hydrogens is 385 g/mol. The summed E-state index contributed by atoms with van der Waals surface area (Å²) < 4.78 is 22.8. The lowest BCUT2D eigenvalue weighted by Crippen LogP contribution is -2.46. The molecular formula is C22H24FN5O2. The van der Waals surface area contributed by atoms with E-state index >= 15 is 4.39 Å². The van der Waals surface area contributed by atoms with Gasteiger partial charge in [-0.3, -0.25) is 0 Å². The molecule has 0 radical (unpaired) electrons. The quantitative estimate of drug-likeness (QED) is 0.698. The molecule has 0 aliphatic heterocycles. The molecule has 156 valence electrons. The van der Waals surface area contributed by atoms with Crippen molar-refractivity contribution in [1.29, 1.82) is 0 Å². The third kappa shape index (κ3) is 3.20. The van der Waals surface area contributed by atoms with E-state index in [-0.39, 0.29) is 28.3 Å². The SMILES string of the molecule is C[C@]12CC[C@](C)(C1)[C@H](F)[C@H](Oc1cnc(-c3ccc(-n4ccnc4)cc3O)nn1)C2. The average Bonchev–Trinajstić information content (AvgIpc) is 3.34. The maximum absolute atomic E-state index is 15.1. The molecule has 2 saturated carbocycles. The van der Waals surface area contributed by atoms with Crippen LogP contribution in [0.15, 0.2) is 43.1 Å². The third-order valence-corrected chi connectivity index (χ3v) is 6.65. The lowest BCUT2D eigenvalue weighted by atomic mass is 9.68. The van der Waals surface area contributed by atoms with E-state index in [1.807, 2.05) is 13.0 Å². The largest absolute Gasteiger partial charge is 0.507 e. The Morgan fingerprint density at radius 2 is 2.10 bits per heavy atom. The summed E-state index contributed by atoms with van der Waals surface area (Å²) in [5.74, 6) is 0.510. The van der Waals surface area contributed by atoms with Crippen LogP contribution >= 0.6 is 0 Å². The Morgan fingerprint density at radius 3 is 2.80 bits per heavy atom. The molecule has 4 atom stereocenters. The van der Waals surface area contributed by atoms with Crippen LogP contribution in [0.25, 0.3) is 17.1 Å². The fourth-order valence-corrected chi connectivity index (χ4v) is 5.17. The number of hydrogen-bond donors (Lipinski definition) is 1. The maximum Gasteiger partial charge on any atom is 0.252 e. The summed E-state index contributed by atoms with van der Waals surface area (Å²) in [4.78, 5) is 8.28. The van der Waals surface area contributed by atoms with Crippen molar-refractivity contribution in [2.24, 2.45) is 10.8 Å². The topological polar surface area (TPSA) is 86.0 Å². The first-order chi connectivity index (χ1) is 14.4. The monoisotopic (exact) mass is 409 g/mol. The molecule has 7 nitrogen and oxygen atoms in total. The first-order valence-corrected chi connectivity index (χ1v) is 10.2. The minimum Gasteiger partial charge on any atom is -0.507 e. The molecule has 3 aromatic rings. The van der Waals surface area contributed by atoms with Crippen LogP contribution in [-0.4, -0.2) is 42.1 Å². The number of alkyl halides is 1. The maximum atomic E-state index is 15.1. The Hall–Kier alpha value is -3.03. The predicted octanol–water partition coefficient (Wildman–Crippen LogP) is 4.12. The van der Waals surface area contributed by atoms with Gasteiger partial charge in [-0.1, -0.05) is 13.8 Å². The highest BCUT2D eigenvalue weighted by atomic mass is 19.1. The number of rotatable bonds is 4. The van der Waals surface area contributed by atoms with Gasteiger partial charge >= 0.3 is 0 Å². The second-order valence-electron chi connectivity index (χ2n) is 9.20. The van der Waals surface area contributed by atoms with E-state index in [1.54, 1.807) is 35.4 Å². The first-order valence-electron chi connectivity index (χ1n) is 10.2. The van der Waals surface area contributed by atoms with Crippen molar-refractivity contribution in [2.75, 3.05) is 0 Å². The molecule has 1 aromatic carbocycles. The van der Waals surface area contributed by atoms with Crippen molar-refractivity contribution in [1.82, 2.24) is 24.7 Å². The van der Waals surface area contributed by atoms with Crippen molar-refractivity contribution >= 4 is 0 Å². The van der Waals surface area contributed by atoms with Crippen LogP contribution in [0.4, 0.5) is 4.39 Å². The van der Waals surface area contributed by atoms with E-state index in [2.05, 4.69) is 27.1 Å². The summed E-state index contributed by atoms with van der Waals surface area (Å²) in [5, 5.41) is 18.6. The minimum atomic E-state index is -1.03. The number of phenolic OH excluding ortho intramolecular Hbond substituents is 1. The second-order valence-corrected chi connectivity index (χ2v) is 9.20. The second kappa shape index (κ2) is 6.75. The lowest BCUT2D eigenvalue weighted by molar-refractivity contribution is -0.0434. The molecule has 0 spiro atoms. The zero-order chi connectivity index (χ0) is 20.9. The van der Waals surface area contributed by atoms with E-state index in [0.717, 1.165) is 24.9 Å². The van der Waals surface area contributed by atoms with Crippen LogP contribution in [0.5, 0.6) is 11.6 Å². The Kier molecular flexibility index (Phi) is 4.27. The van der Waals surface area contributed by atoms with Crippen LogP contribution in [-0.2, 0) is 0 Å². The Labute approximate surface area is 174 Å². The van der Waals surface area contributed by atoms with Gasteiger partial charge in [-0.05, 0) is 43.2 Å². The Bertz CT molecular complexity index is 1060. The summed E-state index contributed by atoms with van der Waals surface area (Å²) in [7, 11) is 0. The van der Waals surface area contributed by atoms with Gasteiger partial charge in [0.2, 0.25) is 0 Å². The number of nitrogens with zero attached hydrogens (tertiary/aromatic N) is 5. The predicted molar refractivity (Wildman–Crippen MR) is 108 cm³/mol. The first kappa shape index (κ1) is 19.0. The fraction of sp³-hybridized carbons (Fsp3) is 0.455. The number of aromatic hydroxyl groups is 1. The summed E-state index contributed by atoms with van der Waals surface area (Å²) in [6.45, 7) is 4.23. The highest BCUT2D eigenvalue weighted by Gasteiger charge is 2.56. The molecule has 30 heavy (non-hydrogen) atoms. The number of fused-ring (bicyclic) bond motifs is 2. The third-order valence-electron chi connectivity index (χ3n) is 6.65. The average molecular weight is 409 g/mol. The molecule has 2 aliphatic carbocycles. The molecule has 2 heterocycles. The van der Waals surface area contributed by atoms with Crippen LogP contribution in [0.2, 0.25) is 0 Å². The molecule has 2 aliphatic rings. The van der Waals surface area contributed by atoms with E-state index in [0.29, 0.717) is 12.0 Å². The number of ether oxygens (including phenoxy) is 1. The van der Waals surface area contributed by atoms with Gasteiger partial charge in [0.1, 0.15) is 18.0 Å². The summed E-state index contributed by atoms with van der Waals surface area (Å²) >= 11 is 0. The van der Waals surface area contributed by atoms with Crippen molar-refractivity contribution in [3.63, 3.8) is 0 Å². The highest BCUT2D eigenvalue weighted by Crippen LogP contribution is 2.59. The number of imidazole rings is 1. The summed E-state index contributed by atoms with van der Waals surface area (Å²) in [6, 6.07) is 5.16. The fourth-order valence-electron chi connectivity index (χ4n) is 5.17. The van der Waals surface area contributed by atoms with Crippen LogP contribution in [0.3, 0.4) is 0 Å². The zero-order valence-electron chi connectivity index (χ0n) is 17.0. The van der Waals surface area contributed by atoms with Gasteiger partial charge in [-0.15, -0.1) is 10.2 Å². The number of benzene rings is 1. The van der Waals surface area contributed by atoms with Gasteiger partial charge in [-0.25, -0.2) is 14.4 Å². The molecule has 2 bridgehead atoms. The molecule has 0 unspecified atom stereocenters. The number of aromatic nitrogens is 5. The zero-order valence-corrected chi connectivity index (χ0v) is 17.0. The molecule has 1 N–H and O–H groups in total. The van der Waals surface area contributed by atoms with Gasteiger partial charge in [0.05, 0.1) is 23.8 Å². The van der Waals surface area contributed by atoms with Crippen LogP contribution in [0, 0.1) is 10.8 Å². The molecule has 5 rings (SSSR count). The van der Waals surface area contributed by atoms with E-state index < -0.39 is 12.3 Å². The number of phenols is 1. The molecule has 2 fully saturated rings. The number of halogens is 1. The molecule has 0 amide bonds. The lowest BCUT2D eigenvalue weighted by Gasteiger charge is -2.42. The highest BCUT2D eigenvalue weighted by molar-refractivity contribution is 5.65. The van der Waals surface area contributed by atoms with Crippen molar-refractivity contribution in [2.45, 2.75) is 51.8 Å². The van der Waals surface area contributed by atoms with Crippen molar-refractivity contribution in [3.8, 4) is 28.7 Å². The van der Waals surface area contributed by atoms with Gasteiger partial charge in [0.25, 0.3) is 5.88 Å². The number of hydrogen-bond acceptors (Lipinski definition) is 6.